The third-order valence-corrected chi connectivity index (χ3v) is 7.56. The van der Waals surface area contributed by atoms with Gasteiger partial charge in [0.15, 0.2) is 5.82 Å². The molecule has 0 unspecified atom stereocenters. The number of tetrazole rings is 1. The molecule has 4 aromatic rings. The maximum absolute atomic E-state index is 4.58. The molecule has 0 amide bonds. The lowest BCUT2D eigenvalue weighted by Crippen LogP contribution is -2.31. The predicted molar refractivity (Wildman–Crippen MR) is 121 cm³/mol. The fourth-order valence-electron chi connectivity index (χ4n) is 4.37. The number of benzene rings is 1. The topological polar surface area (TPSA) is 46.8 Å². The minimum absolute atomic E-state index is 0.0305. The highest BCUT2D eigenvalue weighted by molar-refractivity contribution is 7.10. The van der Waals surface area contributed by atoms with Gasteiger partial charge in [-0.1, -0.05) is 55.3 Å². The molecule has 7 heteroatoms. The number of nitrogens with zero attached hydrogens (tertiary/aromatic N) is 5. The van der Waals surface area contributed by atoms with Crippen molar-refractivity contribution in [3.8, 4) is 0 Å². The summed E-state index contributed by atoms with van der Waals surface area (Å²) in [6, 6.07) is 19.8. The van der Waals surface area contributed by atoms with Crippen LogP contribution in [0.1, 0.15) is 58.9 Å². The van der Waals surface area contributed by atoms with Gasteiger partial charge in [0.05, 0.1) is 6.04 Å². The molecule has 0 N–H and O–H groups in total. The summed E-state index contributed by atoms with van der Waals surface area (Å²) in [5, 5.41) is 17.5. The van der Waals surface area contributed by atoms with E-state index in [1.807, 2.05) is 0 Å². The van der Waals surface area contributed by atoms with Crippen LogP contribution in [0.5, 0.6) is 0 Å². The van der Waals surface area contributed by atoms with Gasteiger partial charge in [-0.05, 0) is 51.7 Å². The quantitative estimate of drug-likeness (QED) is 0.356. The first-order chi connectivity index (χ1) is 14.9. The van der Waals surface area contributed by atoms with E-state index in [4.69, 9.17) is 0 Å². The van der Waals surface area contributed by atoms with Crippen LogP contribution in [0, 0.1) is 0 Å². The summed E-state index contributed by atoms with van der Waals surface area (Å²) in [6.07, 6.45) is 4.85. The van der Waals surface area contributed by atoms with E-state index in [0.29, 0.717) is 6.04 Å². The summed E-state index contributed by atoms with van der Waals surface area (Å²) in [5.41, 5.74) is 1.30. The summed E-state index contributed by atoms with van der Waals surface area (Å²) < 4.78 is 2.11. The lowest BCUT2D eigenvalue weighted by atomic mass is 10.1. The van der Waals surface area contributed by atoms with Gasteiger partial charge in [-0.15, -0.1) is 27.8 Å². The molecule has 3 heterocycles. The molecular weight excluding hydrogens is 410 g/mol. The lowest BCUT2D eigenvalue weighted by molar-refractivity contribution is 0.196. The molecule has 1 aliphatic carbocycles. The fourth-order valence-corrected chi connectivity index (χ4v) is 5.95. The van der Waals surface area contributed by atoms with Crippen molar-refractivity contribution >= 4 is 22.7 Å². The highest BCUT2D eigenvalue weighted by atomic mass is 32.1. The molecule has 0 radical (unpaired) electrons. The van der Waals surface area contributed by atoms with Crippen LogP contribution < -0.4 is 0 Å². The van der Waals surface area contributed by atoms with E-state index < -0.39 is 0 Å². The normalized spacial score (nSPS) is 15.8. The predicted octanol–water partition coefficient (Wildman–Crippen LogP) is 5.70. The summed E-state index contributed by atoms with van der Waals surface area (Å²) in [4.78, 5) is 5.16. The Hall–Kier alpha value is -2.35. The maximum Gasteiger partial charge on any atom is 0.174 e. The first-order valence-corrected chi connectivity index (χ1v) is 12.3. The van der Waals surface area contributed by atoms with Crippen LogP contribution in [0.4, 0.5) is 0 Å². The van der Waals surface area contributed by atoms with Crippen molar-refractivity contribution in [1.29, 1.82) is 0 Å². The second-order valence-electron chi connectivity index (χ2n) is 7.81. The second-order valence-corrected chi connectivity index (χ2v) is 9.82. The SMILES string of the molecule is c1ccc(CN(Cc2cccs2)[C@H](c2cccs2)c2nnnn2C2CCCC2)cc1. The lowest BCUT2D eigenvalue weighted by Gasteiger charge is -2.31. The first-order valence-electron chi connectivity index (χ1n) is 10.5. The molecule has 1 atom stereocenters. The van der Waals surface area contributed by atoms with E-state index >= 15 is 0 Å². The smallest absolute Gasteiger partial charge is 0.174 e. The van der Waals surface area contributed by atoms with Crippen molar-refractivity contribution in [3.63, 3.8) is 0 Å². The van der Waals surface area contributed by atoms with E-state index in [2.05, 4.69) is 90.5 Å². The van der Waals surface area contributed by atoms with Crippen LogP contribution in [0.25, 0.3) is 0 Å². The number of aromatic nitrogens is 4. The molecular formula is C23H25N5S2. The molecule has 3 aromatic heterocycles. The molecule has 1 aromatic carbocycles. The van der Waals surface area contributed by atoms with E-state index in [1.165, 1.54) is 41.0 Å². The Balaban J connectivity index is 1.56. The van der Waals surface area contributed by atoms with Gasteiger partial charge in [0.25, 0.3) is 0 Å². The molecule has 0 saturated heterocycles. The Labute approximate surface area is 185 Å². The van der Waals surface area contributed by atoms with Gasteiger partial charge in [0, 0.05) is 22.8 Å². The minimum Gasteiger partial charge on any atom is -0.280 e. The Morgan fingerprint density at radius 3 is 2.47 bits per heavy atom. The van der Waals surface area contributed by atoms with Crippen LogP contribution in [0.2, 0.25) is 0 Å². The standard InChI is InChI=1S/C23H25N5S2/c1-2-8-18(9-3-1)16-27(17-20-12-6-14-29-20)22(21-13-7-15-30-21)23-24-25-26-28(23)19-10-4-5-11-19/h1-3,6-9,12-15,19,22H,4-5,10-11,16-17H2/t22-/m1/s1. The number of rotatable bonds is 8. The van der Waals surface area contributed by atoms with Gasteiger partial charge in [0.2, 0.25) is 0 Å². The summed E-state index contributed by atoms with van der Waals surface area (Å²) in [7, 11) is 0. The van der Waals surface area contributed by atoms with E-state index in [-0.39, 0.29) is 6.04 Å². The largest absolute Gasteiger partial charge is 0.280 e. The Morgan fingerprint density at radius 1 is 0.933 bits per heavy atom. The van der Waals surface area contributed by atoms with Crippen LogP contribution in [-0.4, -0.2) is 25.1 Å². The number of thiophene rings is 2. The van der Waals surface area contributed by atoms with E-state index in [1.54, 1.807) is 22.7 Å². The van der Waals surface area contributed by atoms with Gasteiger partial charge in [-0.25, -0.2) is 4.68 Å². The fraction of sp³-hybridized carbons (Fsp3) is 0.348. The molecule has 154 valence electrons. The summed E-state index contributed by atoms with van der Waals surface area (Å²) >= 11 is 3.59. The van der Waals surface area contributed by atoms with Gasteiger partial charge in [-0.2, -0.15) is 0 Å². The molecule has 1 aliphatic rings. The van der Waals surface area contributed by atoms with Crippen molar-refractivity contribution in [2.45, 2.75) is 50.9 Å². The second kappa shape index (κ2) is 9.20. The molecule has 5 nitrogen and oxygen atoms in total. The summed E-state index contributed by atoms with van der Waals surface area (Å²) in [6.45, 7) is 1.71. The van der Waals surface area contributed by atoms with Crippen molar-refractivity contribution in [2.24, 2.45) is 0 Å². The van der Waals surface area contributed by atoms with Crippen LogP contribution >= 0.6 is 22.7 Å². The van der Waals surface area contributed by atoms with Gasteiger partial charge in [-0.3, -0.25) is 4.90 Å². The molecule has 30 heavy (non-hydrogen) atoms. The van der Waals surface area contributed by atoms with Crippen LogP contribution in [-0.2, 0) is 13.1 Å². The highest BCUT2D eigenvalue weighted by Gasteiger charge is 2.32. The average molecular weight is 436 g/mol. The third-order valence-electron chi connectivity index (χ3n) is 5.78. The number of hydrogen-bond acceptors (Lipinski definition) is 6. The average Bonchev–Trinajstić information content (AvgIpc) is 3.56. The van der Waals surface area contributed by atoms with Crippen molar-refractivity contribution in [2.75, 3.05) is 0 Å². The van der Waals surface area contributed by atoms with E-state index in [0.717, 1.165) is 18.9 Å². The van der Waals surface area contributed by atoms with Crippen molar-refractivity contribution in [1.82, 2.24) is 25.1 Å². The molecule has 1 fully saturated rings. The van der Waals surface area contributed by atoms with Gasteiger partial charge < -0.3 is 0 Å². The molecule has 0 aliphatic heterocycles. The maximum atomic E-state index is 4.58. The van der Waals surface area contributed by atoms with Crippen molar-refractivity contribution in [3.05, 3.63) is 86.5 Å². The highest BCUT2D eigenvalue weighted by Crippen LogP contribution is 2.37. The summed E-state index contributed by atoms with van der Waals surface area (Å²) in [5.74, 6) is 0.969. The zero-order chi connectivity index (χ0) is 20.2. The molecule has 0 bridgehead atoms. The molecule has 1 saturated carbocycles. The number of hydrogen-bond donors (Lipinski definition) is 0. The van der Waals surface area contributed by atoms with Crippen molar-refractivity contribution < 1.29 is 0 Å². The first kappa shape index (κ1) is 19.6. The molecule has 5 rings (SSSR count). The zero-order valence-corrected chi connectivity index (χ0v) is 18.4. The molecule has 0 spiro atoms. The minimum atomic E-state index is 0.0305. The van der Waals surface area contributed by atoms with Gasteiger partial charge in [0.1, 0.15) is 6.04 Å². The third kappa shape index (κ3) is 4.24. The Kier molecular flexibility index (Phi) is 6.01. The van der Waals surface area contributed by atoms with Gasteiger partial charge >= 0.3 is 0 Å². The van der Waals surface area contributed by atoms with Crippen LogP contribution in [0.15, 0.2) is 65.4 Å². The monoisotopic (exact) mass is 435 g/mol. The Bertz CT molecular complexity index is 1020. The van der Waals surface area contributed by atoms with E-state index in [9.17, 15) is 0 Å². The Morgan fingerprint density at radius 2 is 1.73 bits per heavy atom. The van der Waals surface area contributed by atoms with Crippen LogP contribution in [0.3, 0.4) is 0 Å². The zero-order valence-electron chi connectivity index (χ0n) is 16.8.